The van der Waals surface area contributed by atoms with Gasteiger partial charge >= 0.3 is 0 Å². The molecule has 2 aliphatic heterocycles. The van der Waals surface area contributed by atoms with Gasteiger partial charge in [-0.25, -0.2) is 0 Å². The number of amides is 1. The van der Waals surface area contributed by atoms with Gasteiger partial charge in [-0.1, -0.05) is 30.0 Å². The van der Waals surface area contributed by atoms with E-state index >= 15 is 0 Å². The second-order valence-electron chi connectivity index (χ2n) is 6.80. The summed E-state index contributed by atoms with van der Waals surface area (Å²) < 4.78 is 7.23. The molecule has 1 aromatic heterocycles. The molecule has 3 heterocycles. The summed E-state index contributed by atoms with van der Waals surface area (Å²) in [7, 11) is 0. The monoisotopic (exact) mass is 388 g/mol. The number of hydrogen-bond donors (Lipinski definition) is 0. The van der Waals surface area contributed by atoms with Crippen LogP contribution < -0.4 is 0 Å². The minimum absolute atomic E-state index is 0.207. The molecule has 0 aliphatic carbocycles. The average Bonchev–Trinajstić information content (AvgIpc) is 3.32. The van der Waals surface area contributed by atoms with Gasteiger partial charge in [0, 0.05) is 44.4 Å². The van der Waals surface area contributed by atoms with Crippen LogP contribution in [0.15, 0.2) is 35.5 Å². The molecule has 9 heteroatoms. The molecule has 0 unspecified atom stereocenters. The van der Waals surface area contributed by atoms with E-state index in [1.165, 1.54) is 0 Å². The van der Waals surface area contributed by atoms with Crippen molar-refractivity contribution in [1.82, 2.24) is 30.0 Å². The fourth-order valence-electron chi connectivity index (χ4n) is 3.48. The van der Waals surface area contributed by atoms with Gasteiger partial charge in [0.05, 0.1) is 18.9 Å². The Bertz CT molecular complexity index is 749. The van der Waals surface area contributed by atoms with Crippen molar-refractivity contribution in [3.8, 4) is 5.69 Å². The van der Waals surface area contributed by atoms with E-state index in [1.807, 2.05) is 35.2 Å². The van der Waals surface area contributed by atoms with Crippen LogP contribution >= 0.6 is 11.8 Å². The van der Waals surface area contributed by atoms with Crippen LogP contribution in [-0.2, 0) is 9.53 Å². The Balaban J connectivity index is 1.50. The van der Waals surface area contributed by atoms with E-state index in [0.717, 1.165) is 63.2 Å². The molecule has 2 saturated heterocycles. The van der Waals surface area contributed by atoms with Crippen LogP contribution in [0.1, 0.15) is 12.8 Å². The summed E-state index contributed by atoms with van der Waals surface area (Å²) in [6.07, 6.45) is 1.62. The standard InChI is InChI=1S/C18H24N6O2S/c25-17-7-4-8-23(17)14-16(13-22-9-11-26-12-10-22)27-18-19-20-21-24(18)15-5-2-1-3-6-15/h1-3,5-6,16H,4,7-14H2/t16-/m0/s1. The summed E-state index contributed by atoms with van der Waals surface area (Å²) in [5, 5.41) is 13.2. The number of ether oxygens (including phenoxy) is 1. The molecule has 144 valence electrons. The number of likely N-dealkylation sites (tertiary alicyclic amines) is 1. The van der Waals surface area contributed by atoms with Gasteiger partial charge in [-0.15, -0.1) is 5.10 Å². The Morgan fingerprint density at radius 3 is 2.67 bits per heavy atom. The van der Waals surface area contributed by atoms with Gasteiger partial charge in [0.1, 0.15) is 0 Å². The quantitative estimate of drug-likeness (QED) is 0.657. The number of carbonyl (C=O) groups excluding carboxylic acids is 1. The van der Waals surface area contributed by atoms with Crippen molar-refractivity contribution in [2.75, 3.05) is 45.9 Å². The first-order valence-corrected chi connectivity index (χ1v) is 10.3. The summed E-state index contributed by atoms with van der Waals surface area (Å²) in [5.41, 5.74) is 0.937. The van der Waals surface area contributed by atoms with Crippen molar-refractivity contribution in [1.29, 1.82) is 0 Å². The molecule has 2 aliphatic rings. The van der Waals surface area contributed by atoms with Crippen molar-refractivity contribution in [3.63, 3.8) is 0 Å². The first-order chi connectivity index (χ1) is 13.3. The zero-order valence-electron chi connectivity index (χ0n) is 15.2. The van der Waals surface area contributed by atoms with Gasteiger partial charge in [-0.05, 0) is 29.0 Å². The Labute approximate surface area is 162 Å². The number of nitrogens with zero attached hydrogens (tertiary/aromatic N) is 6. The van der Waals surface area contributed by atoms with Crippen molar-refractivity contribution in [2.24, 2.45) is 0 Å². The predicted octanol–water partition coefficient (Wildman–Crippen LogP) is 1.08. The number of para-hydroxylation sites is 1. The summed E-state index contributed by atoms with van der Waals surface area (Å²) in [6.45, 7) is 5.84. The average molecular weight is 388 g/mol. The van der Waals surface area contributed by atoms with Crippen LogP contribution in [-0.4, -0.2) is 87.1 Å². The van der Waals surface area contributed by atoms with E-state index in [4.69, 9.17) is 4.74 Å². The van der Waals surface area contributed by atoms with E-state index in [1.54, 1.807) is 16.4 Å². The van der Waals surface area contributed by atoms with Gasteiger partial charge in [-0.2, -0.15) is 4.68 Å². The molecular weight excluding hydrogens is 364 g/mol. The minimum Gasteiger partial charge on any atom is -0.379 e. The molecule has 0 bridgehead atoms. The van der Waals surface area contributed by atoms with Crippen LogP contribution in [0.4, 0.5) is 0 Å². The lowest BCUT2D eigenvalue weighted by Crippen LogP contribution is -2.44. The van der Waals surface area contributed by atoms with Crippen LogP contribution in [0.5, 0.6) is 0 Å². The van der Waals surface area contributed by atoms with Gasteiger partial charge in [0.25, 0.3) is 0 Å². The maximum atomic E-state index is 12.1. The Morgan fingerprint density at radius 2 is 1.93 bits per heavy atom. The second-order valence-corrected chi connectivity index (χ2v) is 8.07. The normalized spacial score (nSPS) is 19.6. The molecule has 8 nitrogen and oxygen atoms in total. The Kier molecular flexibility index (Phi) is 6.00. The van der Waals surface area contributed by atoms with Gasteiger partial charge < -0.3 is 9.64 Å². The third-order valence-electron chi connectivity index (χ3n) is 4.87. The number of carbonyl (C=O) groups is 1. The van der Waals surface area contributed by atoms with Gasteiger partial charge in [0.2, 0.25) is 11.1 Å². The highest BCUT2D eigenvalue weighted by molar-refractivity contribution is 7.99. The Morgan fingerprint density at radius 1 is 1.11 bits per heavy atom. The third kappa shape index (κ3) is 4.66. The lowest BCUT2D eigenvalue weighted by molar-refractivity contribution is -0.127. The van der Waals surface area contributed by atoms with E-state index in [2.05, 4.69) is 20.4 Å². The summed E-state index contributed by atoms with van der Waals surface area (Å²) >= 11 is 1.65. The number of hydrogen-bond acceptors (Lipinski definition) is 7. The van der Waals surface area contributed by atoms with Crippen molar-refractivity contribution < 1.29 is 9.53 Å². The third-order valence-corrected chi connectivity index (χ3v) is 5.97. The number of morpholine rings is 1. The number of rotatable bonds is 7. The van der Waals surface area contributed by atoms with Crippen LogP contribution in [0.2, 0.25) is 0 Å². The molecule has 0 saturated carbocycles. The molecule has 2 fully saturated rings. The van der Waals surface area contributed by atoms with E-state index in [9.17, 15) is 4.79 Å². The smallest absolute Gasteiger partial charge is 0.222 e. The van der Waals surface area contributed by atoms with E-state index < -0.39 is 0 Å². The number of aromatic nitrogens is 4. The highest BCUT2D eigenvalue weighted by Gasteiger charge is 2.27. The summed E-state index contributed by atoms with van der Waals surface area (Å²) in [6, 6.07) is 9.89. The SMILES string of the molecule is O=C1CCCN1C[C@H](CN1CCOCC1)Sc1nnnn1-c1ccccc1. The highest BCUT2D eigenvalue weighted by Crippen LogP contribution is 2.26. The lowest BCUT2D eigenvalue weighted by Gasteiger charge is -2.31. The largest absolute Gasteiger partial charge is 0.379 e. The minimum atomic E-state index is 0.207. The number of benzene rings is 1. The summed E-state index contributed by atoms with van der Waals surface area (Å²) in [5.74, 6) is 0.255. The molecule has 27 heavy (non-hydrogen) atoms. The van der Waals surface area contributed by atoms with Crippen molar-refractivity contribution in [2.45, 2.75) is 23.2 Å². The molecule has 0 radical (unpaired) electrons. The molecule has 1 amide bonds. The predicted molar refractivity (Wildman–Crippen MR) is 102 cm³/mol. The molecular formula is C18H24N6O2S. The lowest BCUT2D eigenvalue weighted by atomic mass is 10.3. The van der Waals surface area contributed by atoms with Crippen LogP contribution in [0.25, 0.3) is 5.69 Å². The molecule has 1 aromatic carbocycles. The zero-order valence-corrected chi connectivity index (χ0v) is 16.1. The fourth-order valence-corrected chi connectivity index (χ4v) is 4.64. The maximum Gasteiger partial charge on any atom is 0.222 e. The maximum absolute atomic E-state index is 12.1. The molecule has 1 atom stereocenters. The topological polar surface area (TPSA) is 76.4 Å². The Hall–Kier alpha value is -1.97. The van der Waals surface area contributed by atoms with Gasteiger partial charge in [0.15, 0.2) is 0 Å². The van der Waals surface area contributed by atoms with Crippen LogP contribution in [0, 0.1) is 0 Å². The molecule has 0 spiro atoms. The first-order valence-electron chi connectivity index (χ1n) is 9.38. The highest BCUT2D eigenvalue weighted by atomic mass is 32.2. The number of tetrazole rings is 1. The second kappa shape index (κ2) is 8.81. The van der Waals surface area contributed by atoms with Crippen molar-refractivity contribution >= 4 is 17.7 Å². The zero-order chi connectivity index (χ0) is 18.5. The van der Waals surface area contributed by atoms with E-state index in [-0.39, 0.29) is 11.2 Å². The number of thioether (sulfide) groups is 1. The summed E-state index contributed by atoms with van der Waals surface area (Å²) in [4.78, 5) is 16.5. The molecule has 0 N–H and O–H groups in total. The van der Waals surface area contributed by atoms with Gasteiger partial charge in [-0.3, -0.25) is 9.69 Å². The van der Waals surface area contributed by atoms with Crippen LogP contribution in [0.3, 0.4) is 0 Å². The molecule has 2 aromatic rings. The first kappa shape index (κ1) is 18.4. The van der Waals surface area contributed by atoms with E-state index in [0.29, 0.717) is 6.42 Å². The van der Waals surface area contributed by atoms with Crippen molar-refractivity contribution in [3.05, 3.63) is 30.3 Å². The molecule has 4 rings (SSSR count). The fraction of sp³-hybridized carbons (Fsp3) is 0.556.